The van der Waals surface area contributed by atoms with Crippen molar-refractivity contribution >= 4 is 5.91 Å². The molecule has 22 heavy (non-hydrogen) atoms. The Kier molecular flexibility index (Phi) is 4.47. The van der Waals surface area contributed by atoms with Crippen molar-refractivity contribution < 1.29 is 4.79 Å². The number of aromatic nitrogens is 3. The van der Waals surface area contributed by atoms with Gasteiger partial charge in [0.25, 0.3) is 0 Å². The van der Waals surface area contributed by atoms with Gasteiger partial charge in [-0.2, -0.15) is 0 Å². The van der Waals surface area contributed by atoms with E-state index in [1.54, 1.807) is 0 Å². The van der Waals surface area contributed by atoms with Crippen LogP contribution >= 0.6 is 0 Å². The number of amides is 1. The predicted molar refractivity (Wildman–Crippen MR) is 84.6 cm³/mol. The zero-order valence-corrected chi connectivity index (χ0v) is 14.0. The van der Waals surface area contributed by atoms with E-state index in [9.17, 15) is 4.79 Å². The molecule has 1 atom stereocenters. The van der Waals surface area contributed by atoms with Gasteiger partial charge in [0, 0.05) is 51.0 Å². The molecule has 0 bridgehead atoms. The third-order valence-corrected chi connectivity index (χ3v) is 4.95. The maximum atomic E-state index is 12.2. The van der Waals surface area contributed by atoms with Crippen LogP contribution in [-0.2, 0) is 17.8 Å². The van der Waals surface area contributed by atoms with Gasteiger partial charge < -0.3 is 14.4 Å². The van der Waals surface area contributed by atoms with Gasteiger partial charge in [0.15, 0.2) is 0 Å². The zero-order chi connectivity index (χ0) is 15.7. The monoisotopic (exact) mass is 305 g/mol. The molecular formula is C16H27N5O. The van der Waals surface area contributed by atoms with Crippen LogP contribution in [-0.4, -0.2) is 63.2 Å². The second-order valence-electron chi connectivity index (χ2n) is 6.73. The van der Waals surface area contributed by atoms with Crippen LogP contribution in [0.1, 0.15) is 44.8 Å². The Labute approximate surface area is 132 Å². The van der Waals surface area contributed by atoms with Crippen molar-refractivity contribution in [3.8, 4) is 0 Å². The van der Waals surface area contributed by atoms with E-state index in [0.29, 0.717) is 5.92 Å². The van der Waals surface area contributed by atoms with Crippen molar-refractivity contribution in [1.82, 2.24) is 24.6 Å². The van der Waals surface area contributed by atoms with Gasteiger partial charge in [-0.15, -0.1) is 10.2 Å². The number of fused-ring (bicyclic) bond motifs is 1. The molecule has 6 heteroatoms. The van der Waals surface area contributed by atoms with Crippen molar-refractivity contribution in [2.45, 2.75) is 46.1 Å². The SMILES string of the molecule is CCN1CCc2nnc(C3CCN(C(=O)C(C)C)C3)n2CC1. The Bertz CT molecular complexity index is 539. The lowest BCUT2D eigenvalue weighted by atomic mass is 10.1. The standard InChI is InChI=1S/C16H27N5O/c1-4-19-7-6-14-17-18-15(21(14)10-9-19)13-5-8-20(11-13)16(22)12(2)3/h12-13H,4-11H2,1-3H3. The lowest BCUT2D eigenvalue weighted by Gasteiger charge is -2.19. The molecule has 0 aromatic carbocycles. The van der Waals surface area contributed by atoms with Crippen LogP contribution in [0, 0.1) is 5.92 Å². The minimum Gasteiger partial charge on any atom is -0.342 e. The summed E-state index contributed by atoms with van der Waals surface area (Å²) >= 11 is 0. The Morgan fingerprint density at radius 1 is 1.23 bits per heavy atom. The maximum absolute atomic E-state index is 12.2. The number of likely N-dealkylation sites (tertiary alicyclic amines) is 1. The van der Waals surface area contributed by atoms with E-state index < -0.39 is 0 Å². The molecule has 0 radical (unpaired) electrons. The highest BCUT2D eigenvalue weighted by atomic mass is 16.2. The topological polar surface area (TPSA) is 54.3 Å². The van der Waals surface area contributed by atoms with Gasteiger partial charge in [-0.3, -0.25) is 4.79 Å². The second kappa shape index (κ2) is 6.36. The fourth-order valence-electron chi connectivity index (χ4n) is 3.54. The number of hydrogen-bond donors (Lipinski definition) is 0. The van der Waals surface area contributed by atoms with E-state index in [-0.39, 0.29) is 11.8 Å². The lowest BCUT2D eigenvalue weighted by molar-refractivity contribution is -0.133. The average molecular weight is 305 g/mol. The number of nitrogens with zero attached hydrogens (tertiary/aromatic N) is 5. The number of likely N-dealkylation sites (N-methyl/N-ethyl adjacent to an activating group) is 1. The molecule has 0 N–H and O–H groups in total. The molecule has 3 rings (SSSR count). The molecule has 3 heterocycles. The highest BCUT2D eigenvalue weighted by Crippen LogP contribution is 2.28. The molecule has 1 amide bonds. The zero-order valence-electron chi connectivity index (χ0n) is 14.0. The van der Waals surface area contributed by atoms with Crippen LogP contribution < -0.4 is 0 Å². The van der Waals surface area contributed by atoms with E-state index in [1.807, 2.05) is 18.7 Å². The summed E-state index contributed by atoms with van der Waals surface area (Å²) in [5, 5.41) is 8.89. The Balaban J connectivity index is 1.72. The normalized spacial score (nSPS) is 22.9. The van der Waals surface area contributed by atoms with Crippen molar-refractivity contribution in [3.05, 3.63) is 11.6 Å². The highest BCUT2D eigenvalue weighted by Gasteiger charge is 2.32. The second-order valence-corrected chi connectivity index (χ2v) is 6.73. The first-order valence-corrected chi connectivity index (χ1v) is 8.53. The van der Waals surface area contributed by atoms with E-state index in [4.69, 9.17) is 0 Å². The highest BCUT2D eigenvalue weighted by molar-refractivity contribution is 5.78. The molecule has 1 aromatic heterocycles. The van der Waals surface area contributed by atoms with Crippen molar-refractivity contribution in [1.29, 1.82) is 0 Å². The number of carbonyl (C=O) groups is 1. The van der Waals surface area contributed by atoms with Gasteiger partial charge >= 0.3 is 0 Å². The van der Waals surface area contributed by atoms with Crippen LogP contribution in [0.15, 0.2) is 0 Å². The summed E-state index contributed by atoms with van der Waals surface area (Å²) in [5.41, 5.74) is 0. The van der Waals surface area contributed by atoms with Gasteiger partial charge in [0.05, 0.1) is 0 Å². The van der Waals surface area contributed by atoms with Gasteiger partial charge in [-0.1, -0.05) is 20.8 Å². The van der Waals surface area contributed by atoms with E-state index in [0.717, 1.165) is 63.8 Å². The molecule has 0 spiro atoms. The Morgan fingerprint density at radius 3 is 2.77 bits per heavy atom. The minimum absolute atomic E-state index is 0.0763. The Morgan fingerprint density at radius 2 is 2.05 bits per heavy atom. The summed E-state index contributed by atoms with van der Waals surface area (Å²) in [7, 11) is 0. The van der Waals surface area contributed by atoms with Crippen molar-refractivity contribution in [2.24, 2.45) is 5.92 Å². The molecule has 6 nitrogen and oxygen atoms in total. The number of hydrogen-bond acceptors (Lipinski definition) is 4. The summed E-state index contributed by atoms with van der Waals surface area (Å²) in [5.74, 6) is 2.88. The lowest BCUT2D eigenvalue weighted by Crippen LogP contribution is -2.32. The molecule has 1 fully saturated rings. The molecule has 2 aliphatic heterocycles. The van der Waals surface area contributed by atoms with Crippen molar-refractivity contribution in [3.63, 3.8) is 0 Å². The summed E-state index contributed by atoms with van der Waals surface area (Å²) in [6.45, 7) is 12.0. The molecule has 0 saturated carbocycles. The minimum atomic E-state index is 0.0763. The number of carbonyl (C=O) groups excluding carboxylic acids is 1. The van der Waals surface area contributed by atoms with Crippen LogP contribution in [0.2, 0.25) is 0 Å². The van der Waals surface area contributed by atoms with Gasteiger partial charge in [-0.25, -0.2) is 0 Å². The molecule has 2 aliphatic rings. The molecule has 122 valence electrons. The smallest absolute Gasteiger partial charge is 0.225 e. The summed E-state index contributed by atoms with van der Waals surface area (Å²) in [6.07, 6.45) is 1.98. The first kappa shape index (κ1) is 15.5. The average Bonchev–Trinajstić information content (AvgIpc) is 3.09. The summed E-state index contributed by atoms with van der Waals surface area (Å²) < 4.78 is 2.31. The van der Waals surface area contributed by atoms with E-state index in [1.165, 1.54) is 0 Å². The van der Waals surface area contributed by atoms with Crippen LogP contribution in [0.4, 0.5) is 0 Å². The van der Waals surface area contributed by atoms with Gasteiger partial charge in [-0.05, 0) is 13.0 Å². The largest absolute Gasteiger partial charge is 0.342 e. The number of rotatable bonds is 3. The van der Waals surface area contributed by atoms with E-state index in [2.05, 4.69) is 26.6 Å². The van der Waals surface area contributed by atoms with Crippen LogP contribution in [0.5, 0.6) is 0 Å². The molecule has 1 unspecified atom stereocenters. The molecule has 1 saturated heterocycles. The molecular weight excluding hydrogens is 278 g/mol. The fourth-order valence-corrected chi connectivity index (χ4v) is 3.54. The first-order valence-electron chi connectivity index (χ1n) is 8.53. The Hall–Kier alpha value is -1.43. The van der Waals surface area contributed by atoms with Gasteiger partial charge in [0.1, 0.15) is 11.6 Å². The summed E-state index contributed by atoms with van der Waals surface area (Å²) in [4.78, 5) is 16.6. The summed E-state index contributed by atoms with van der Waals surface area (Å²) in [6, 6.07) is 0. The van der Waals surface area contributed by atoms with Gasteiger partial charge in [0.2, 0.25) is 5.91 Å². The first-order chi connectivity index (χ1) is 10.6. The fraction of sp³-hybridized carbons (Fsp3) is 0.812. The maximum Gasteiger partial charge on any atom is 0.225 e. The molecule has 0 aliphatic carbocycles. The molecule has 1 aromatic rings. The quantitative estimate of drug-likeness (QED) is 0.840. The van der Waals surface area contributed by atoms with Crippen molar-refractivity contribution in [2.75, 3.05) is 32.7 Å². The van der Waals surface area contributed by atoms with Crippen LogP contribution in [0.3, 0.4) is 0 Å². The van der Waals surface area contributed by atoms with Crippen LogP contribution in [0.25, 0.3) is 0 Å². The third kappa shape index (κ3) is 2.89. The third-order valence-electron chi connectivity index (χ3n) is 4.95. The predicted octanol–water partition coefficient (Wildman–Crippen LogP) is 1.13. The van der Waals surface area contributed by atoms with E-state index >= 15 is 0 Å².